The van der Waals surface area contributed by atoms with Gasteiger partial charge in [0.2, 0.25) is 11.8 Å². The maximum absolute atomic E-state index is 12.3. The average Bonchev–Trinajstić information content (AvgIpc) is 2.61. The van der Waals surface area contributed by atoms with Crippen LogP contribution in [0.4, 0.5) is 11.4 Å². The molecule has 1 aliphatic heterocycles. The van der Waals surface area contributed by atoms with Crippen LogP contribution in [0, 0.1) is 16.0 Å². The van der Waals surface area contributed by atoms with E-state index in [1.54, 1.807) is 6.07 Å². The summed E-state index contributed by atoms with van der Waals surface area (Å²) in [6.45, 7) is 5.25. The number of carbonyl (C=O) groups excluding carboxylic acids is 2. The molecule has 2 N–H and O–H groups in total. The van der Waals surface area contributed by atoms with Gasteiger partial charge in [0.05, 0.1) is 24.6 Å². The van der Waals surface area contributed by atoms with E-state index in [4.69, 9.17) is 4.74 Å². The molecule has 9 heteroatoms. The third-order valence-corrected chi connectivity index (χ3v) is 4.43. The molecule has 1 heterocycles. The Morgan fingerprint density at radius 1 is 1.33 bits per heavy atom. The van der Waals surface area contributed by atoms with Gasteiger partial charge in [-0.15, -0.1) is 0 Å². The molecule has 1 aromatic rings. The highest BCUT2D eigenvalue weighted by Crippen LogP contribution is 2.29. The molecule has 9 nitrogen and oxygen atoms in total. The van der Waals surface area contributed by atoms with Crippen LogP contribution in [0.25, 0.3) is 0 Å². The number of rotatable bonds is 7. The lowest BCUT2D eigenvalue weighted by Gasteiger charge is -2.31. The summed E-state index contributed by atoms with van der Waals surface area (Å²) in [5.74, 6) is 0.0483. The zero-order valence-corrected chi connectivity index (χ0v) is 15.9. The number of nitro groups is 1. The van der Waals surface area contributed by atoms with E-state index in [0.717, 1.165) is 0 Å². The van der Waals surface area contributed by atoms with Crippen LogP contribution >= 0.6 is 0 Å². The molecular weight excluding hydrogens is 352 g/mol. The maximum Gasteiger partial charge on any atom is 0.296 e. The first-order valence-corrected chi connectivity index (χ1v) is 8.95. The largest absolute Gasteiger partial charge is 0.496 e. The number of hydrogen-bond donors (Lipinski definition) is 2. The van der Waals surface area contributed by atoms with Crippen molar-refractivity contribution in [3.8, 4) is 5.75 Å². The summed E-state index contributed by atoms with van der Waals surface area (Å²) in [4.78, 5) is 36.9. The number of likely N-dealkylation sites (tertiary alicyclic amines) is 1. The van der Waals surface area contributed by atoms with Crippen LogP contribution in [0.2, 0.25) is 0 Å². The van der Waals surface area contributed by atoms with E-state index >= 15 is 0 Å². The third kappa shape index (κ3) is 5.92. The Labute approximate surface area is 158 Å². The van der Waals surface area contributed by atoms with Crippen molar-refractivity contribution in [3.05, 3.63) is 28.3 Å². The van der Waals surface area contributed by atoms with Crippen molar-refractivity contribution in [1.82, 2.24) is 10.2 Å². The Balaban J connectivity index is 1.89. The van der Waals surface area contributed by atoms with E-state index in [9.17, 15) is 19.7 Å². The van der Waals surface area contributed by atoms with Crippen LogP contribution in [0.3, 0.4) is 0 Å². The number of ether oxygens (including phenoxy) is 1. The summed E-state index contributed by atoms with van der Waals surface area (Å²) < 4.78 is 4.98. The first-order chi connectivity index (χ1) is 12.8. The highest BCUT2D eigenvalue weighted by Gasteiger charge is 2.26. The number of carbonyl (C=O) groups is 2. The number of nitro benzene ring substituents is 1. The van der Waals surface area contributed by atoms with Gasteiger partial charge in [0.25, 0.3) is 5.69 Å². The summed E-state index contributed by atoms with van der Waals surface area (Å²) in [6, 6.07) is 4.40. The molecule has 0 atom stereocenters. The zero-order chi connectivity index (χ0) is 20.0. The molecule has 0 bridgehead atoms. The average molecular weight is 378 g/mol. The molecule has 2 rings (SSSR count). The number of hydrogen-bond acceptors (Lipinski definition) is 6. The van der Waals surface area contributed by atoms with Crippen molar-refractivity contribution in [3.63, 3.8) is 0 Å². The first-order valence-electron chi connectivity index (χ1n) is 8.95. The van der Waals surface area contributed by atoms with E-state index in [-0.39, 0.29) is 41.7 Å². The monoisotopic (exact) mass is 378 g/mol. The van der Waals surface area contributed by atoms with Gasteiger partial charge in [0.15, 0.2) is 0 Å². The van der Waals surface area contributed by atoms with E-state index in [0.29, 0.717) is 31.7 Å². The summed E-state index contributed by atoms with van der Waals surface area (Å²) >= 11 is 0. The van der Waals surface area contributed by atoms with Crippen LogP contribution in [0.5, 0.6) is 5.75 Å². The smallest absolute Gasteiger partial charge is 0.296 e. The standard InChI is InChI=1S/C18H26N4O5/c1-12(2)19-18(24)13-6-8-21(9-7-13)11-17(23)20-15-5-4-14(27-3)10-16(15)22(25)26/h4-5,10,12-13H,6-9,11H2,1-3H3,(H,19,24)(H,20,23). The number of nitrogens with zero attached hydrogens (tertiary/aromatic N) is 2. The number of nitrogens with one attached hydrogen (secondary N) is 2. The summed E-state index contributed by atoms with van der Waals surface area (Å²) in [6.07, 6.45) is 1.38. The second-order valence-corrected chi connectivity index (χ2v) is 6.90. The van der Waals surface area contributed by atoms with E-state index in [2.05, 4.69) is 10.6 Å². The van der Waals surface area contributed by atoms with E-state index in [1.165, 1.54) is 19.2 Å². The van der Waals surface area contributed by atoms with Crippen molar-refractivity contribution in [1.29, 1.82) is 0 Å². The number of piperidine rings is 1. The Morgan fingerprint density at radius 3 is 2.56 bits per heavy atom. The molecule has 1 saturated heterocycles. The molecule has 0 aromatic heterocycles. The summed E-state index contributed by atoms with van der Waals surface area (Å²) in [5.41, 5.74) is -0.0799. The predicted octanol–water partition coefficient (Wildman–Crippen LogP) is 1.78. The predicted molar refractivity (Wildman–Crippen MR) is 101 cm³/mol. The molecule has 2 amide bonds. The Morgan fingerprint density at radius 2 is 2.00 bits per heavy atom. The van der Waals surface area contributed by atoms with Gasteiger partial charge in [0, 0.05) is 12.0 Å². The van der Waals surface area contributed by atoms with Crippen LogP contribution in [0.15, 0.2) is 18.2 Å². The Bertz CT molecular complexity index is 699. The van der Waals surface area contributed by atoms with Gasteiger partial charge in [-0.3, -0.25) is 24.6 Å². The first kappa shape index (κ1) is 20.6. The van der Waals surface area contributed by atoms with Gasteiger partial charge >= 0.3 is 0 Å². The minimum absolute atomic E-state index is 0.0330. The lowest BCUT2D eigenvalue weighted by Crippen LogP contribution is -2.44. The van der Waals surface area contributed by atoms with Crippen molar-refractivity contribution in [2.45, 2.75) is 32.7 Å². The van der Waals surface area contributed by atoms with Gasteiger partial charge in [-0.2, -0.15) is 0 Å². The lowest BCUT2D eigenvalue weighted by molar-refractivity contribution is -0.384. The highest BCUT2D eigenvalue weighted by molar-refractivity contribution is 5.94. The second-order valence-electron chi connectivity index (χ2n) is 6.90. The number of benzene rings is 1. The van der Waals surface area contributed by atoms with Crippen molar-refractivity contribution in [2.24, 2.45) is 5.92 Å². The van der Waals surface area contributed by atoms with Gasteiger partial charge in [-0.05, 0) is 51.9 Å². The van der Waals surface area contributed by atoms with Crippen LogP contribution in [0.1, 0.15) is 26.7 Å². The minimum Gasteiger partial charge on any atom is -0.496 e. The lowest BCUT2D eigenvalue weighted by atomic mass is 9.95. The second kappa shape index (κ2) is 9.31. The molecule has 1 fully saturated rings. The zero-order valence-electron chi connectivity index (χ0n) is 15.9. The van der Waals surface area contributed by atoms with Crippen molar-refractivity contribution >= 4 is 23.2 Å². The fraction of sp³-hybridized carbons (Fsp3) is 0.556. The molecular formula is C18H26N4O5. The van der Waals surface area contributed by atoms with E-state index in [1.807, 2.05) is 18.7 Å². The van der Waals surface area contributed by atoms with Crippen LogP contribution < -0.4 is 15.4 Å². The molecule has 1 aliphatic rings. The van der Waals surface area contributed by atoms with Crippen LogP contribution in [-0.2, 0) is 9.59 Å². The Kier molecular flexibility index (Phi) is 7.12. The molecule has 0 aliphatic carbocycles. The number of amides is 2. The number of methoxy groups -OCH3 is 1. The SMILES string of the molecule is COc1ccc(NC(=O)CN2CCC(C(=O)NC(C)C)CC2)c([N+](=O)[O-])c1. The molecule has 27 heavy (non-hydrogen) atoms. The van der Waals surface area contributed by atoms with E-state index < -0.39 is 4.92 Å². The minimum atomic E-state index is -0.559. The van der Waals surface area contributed by atoms with Gasteiger partial charge < -0.3 is 15.4 Å². The normalized spacial score (nSPS) is 15.4. The van der Waals surface area contributed by atoms with Gasteiger partial charge in [-0.25, -0.2) is 0 Å². The number of anilines is 1. The quantitative estimate of drug-likeness (QED) is 0.552. The van der Waals surface area contributed by atoms with Gasteiger partial charge in [0.1, 0.15) is 11.4 Å². The topological polar surface area (TPSA) is 114 Å². The van der Waals surface area contributed by atoms with Crippen LogP contribution in [-0.4, -0.2) is 54.4 Å². The third-order valence-electron chi connectivity index (χ3n) is 4.43. The molecule has 148 valence electrons. The molecule has 0 radical (unpaired) electrons. The molecule has 0 saturated carbocycles. The molecule has 0 unspecified atom stereocenters. The van der Waals surface area contributed by atoms with Gasteiger partial charge in [-0.1, -0.05) is 0 Å². The molecule has 1 aromatic carbocycles. The fourth-order valence-corrected chi connectivity index (χ4v) is 3.04. The van der Waals surface area contributed by atoms with Crippen molar-refractivity contribution < 1.29 is 19.2 Å². The summed E-state index contributed by atoms with van der Waals surface area (Å²) in [5, 5.41) is 16.7. The summed E-state index contributed by atoms with van der Waals surface area (Å²) in [7, 11) is 1.42. The highest BCUT2D eigenvalue weighted by atomic mass is 16.6. The Hall–Kier alpha value is -2.68. The fourth-order valence-electron chi connectivity index (χ4n) is 3.04. The maximum atomic E-state index is 12.3. The van der Waals surface area contributed by atoms with Crippen molar-refractivity contribution in [2.75, 3.05) is 32.1 Å². The molecule has 0 spiro atoms.